The van der Waals surface area contributed by atoms with E-state index in [0.29, 0.717) is 34.5 Å². The Hall–Kier alpha value is -3.17. The first-order valence-corrected chi connectivity index (χ1v) is 10.4. The lowest BCUT2D eigenvalue weighted by Crippen LogP contribution is -2.54. The van der Waals surface area contributed by atoms with Crippen molar-refractivity contribution in [2.24, 2.45) is 7.05 Å². The lowest BCUT2D eigenvalue weighted by molar-refractivity contribution is 0.283. The van der Waals surface area contributed by atoms with Crippen LogP contribution in [-0.2, 0) is 13.7 Å². The largest absolute Gasteiger partial charge is 0.392 e. The second-order valence-electron chi connectivity index (χ2n) is 8.46. The molecular weight excluding hydrogens is 397 g/mol. The van der Waals surface area contributed by atoms with E-state index >= 15 is 0 Å². The highest BCUT2D eigenvalue weighted by molar-refractivity contribution is 5.97. The molecule has 1 aliphatic rings. The fourth-order valence-electron chi connectivity index (χ4n) is 4.58. The first kappa shape index (κ1) is 19.8. The molecule has 1 saturated heterocycles. The van der Waals surface area contributed by atoms with Crippen molar-refractivity contribution in [1.82, 2.24) is 25.3 Å². The van der Waals surface area contributed by atoms with Gasteiger partial charge in [0, 0.05) is 60.6 Å². The number of halogens is 1. The average Bonchev–Trinajstić information content (AvgIpc) is 3.30. The third-order valence-corrected chi connectivity index (χ3v) is 5.76. The van der Waals surface area contributed by atoms with Crippen LogP contribution in [0.5, 0.6) is 0 Å². The van der Waals surface area contributed by atoms with Gasteiger partial charge in [-0.2, -0.15) is 10.2 Å². The van der Waals surface area contributed by atoms with Crippen LogP contribution in [0.25, 0.3) is 21.8 Å². The molecule has 0 spiro atoms. The predicted octanol–water partition coefficient (Wildman–Crippen LogP) is 3.01. The number of nitrogens with one attached hydrogen (secondary N) is 3. The summed E-state index contributed by atoms with van der Waals surface area (Å²) in [5.41, 5.74) is 3.55. The SMILES string of the molecule is C[C@H]1CN(c2cc(CO)c3c(Nc4cc(F)c5nn(C)cc5c4)n[nH]c3c2)C[C@H](C)N1. The first-order valence-electron chi connectivity index (χ1n) is 10.4. The summed E-state index contributed by atoms with van der Waals surface area (Å²) in [6.07, 6.45) is 1.77. The Morgan fingerprint density at radius 3 is 2.71 bits per heavy atom. The minimum atomic E-state index is -0.396. The molecule has 31 heavy (non-hydrogen) atoms. The minimum Gasteiger partial charge on any atom is -0.392 e. The number of aromatic nitrogens is 4. The Morgan fingerprint density at radius 1 is 1.19 bits per heavy atom. The number of anilines is 3. The molecule has 3 heterocycles. The van der Waals surface area contributed by atoms with Gasteiger partial charge in [0.25, 0.3) is 0 Å². The molecule has 0 bridgehead atoms. The van der Waals surface area contributed by atoms with E-state index < -0.39 is 5.82 Å². The summed E-state index contributed by atoms with van der Waals surface area (Å²) in [5, 5.41) is 29.9. The van der Waals surface area contributed by atoms with Gasteiger partial charge in [-0.1, -0.05) is 0 Å². The number of piperazine rings is 1. The maximum absolute atomic E-state index is 14.5. The quantitative estimate of drug-likeness (QED) is 0.403. The van der Waals surface area contributed by atoms with Gasteiger partial charge in [-0.25, -0.2) is 4.39 Å². The van der Waals surface area contributed by atoms with Crippen molar-refractivity contribution in [3.8, 4) is 0 Å². The van der Waals surface area contributed by atoms with E-state index in [-0.39, 0.29) is 6.61 Å². The summed E-state index contributed by atoms with van der Waals surface area (Å²) in [6, 6.07) is 8.08. The number of H-pyrrole nitrogens is 1. The number of hydrogen-bond acceptors (Lipinski definition) is 6. The summed E-state index contributed by atoms with van der Waals surface area (Å²) in [5.74, 6) is 0.155. The summed E-state index contributed by atoms with van der Waals surface area (Å²) in [7, 11) is 1.76. The van der Waals surface area contributed by atoms with Gasteiger partial charge in [0.2, 0.25) is 0 Å². The van der Waals surface area contributed by atoms with Gasteiger partial charge in [0.1, 0.15) is 5.52 Å². The Balaban J connectivity index is 1.52. The van der Waals surface area contributed by atoms with Crippen molar-refractivity contribution < 1.29 is 9.50 Å². The lowest BCUT2D eigenvalue weighted by Gasteiger charge is -2.37. The number of rotatable bonds is 4. The molecule has 1 aliphatic heterocycles. The third-order valence-electron chi connectivity index (χ3n) is 5.76. The normalized spacial score (nSPS) is 19.5. The Bertz CT molecular complexity index is 1250. The number of nitrogens with zero attached hydrogens (tertiary/aromatic N) is 4. The molecule has 0 amide bonds. The maximum atomic E-state index is 14.5. The summed E-state index contributed by atoms with van der Waals surface area (Å²) in [4.78, 5) is 2.32. The topological polar surface area (TPSA) is 94.0 Å². The number of hydrogen-bond donors (Lipinski definition) is 4. The van der Waals surface area contributed by atoms with Crippen LogP contribution in [0, 0.1) is 5.82 Å². The van der Waals surface area contributed by atoms with Crippen molar-refractivity contribution in [1.29, 1.82) is 0 Å². The molecule has 1 fully saturated rings. The highest BCUT2D eigenvalue weighted by atomic mass is 19.1. The summed E-state index contributed by atoms with van der Waals surface area (Å²) < 4.78 is 16.1. The van der Waals surface area contributed by atoms with E-state index in [1.54, 1.807) is 17.9 Å². The van der Waals surface area contributed by atoms with Crippen LogP contribution in [0.15, 0.2) is 30.5 Å². The van der Waals surface area contributed by atoms with Crippen LogP contribution in [0.1, 0.15) is 19.4 Å². The van der Waals surface area contributed by atoms with E-state index in [9.17, 15) is 9.50 Å². The van der Waals surface area contributed by atoms with Gasteiger partial charge in [-0.3, -0.25) is 9.78 Å². The van der Waals surface area contributed by atoms with Gasteiger partial charge < -0.3 is 20.6 Å². The molecule has 2 aromatic heterocycles. The lowest BCUT2D eigenvalue weighted by atomic mass is 10.1. The summed E-state index contributed by atoms with van der Waals surface area (Å²) in [6.45, 7) is 6.01. The molecule has 4 N–H and O–H groups in total. The van der Waals surface area contributed by atoms with Gasteiger partial charge >= 0.3 is 0 Å². The van der Waals surface area contributed by atoms with Gasteiger partial charge in [-0.15, -0.1) is 0 Å². The number of aliphatic hydroxyl groups is 1. The molecule has 0 unspecified atom stereocenters. The van der Waals surface area contributed by atoms with E-state index in [1.165, 1.54) is 6.07 Å². The van der Waals surface area contributed by atoms with E-state index in [4.69, 9.17) is 0 Å². The third kappa shape index (κ3) is 3.60. The van der Waals surface area contributed by atoms with E-state index in [2.05, 4.69) is 50.7 Å². The fourth-order valence-corrected chi connectivity index (χ4v) is 4.58. The Kier molecular flexibility index (Phi) is 4.79. The molecule has 0 aliphatic carbocycles. The Labute approximate surface area is 179 Å². The van der Waals surface area contributed by atoms with Crippen LogP contribution < -0.4 is 15.5 Å². The van der Waals surface area contributed by atoms with E-state index in [1.807, 2.05) is 12.1 Å². The minimum absolute atomic E-state index is 0.119. The number of fused-ring (bicyclic) bond motifs is 2. The van der Waals surface area contributed by atoms with Crippen LogP contribution in [0.2, 0.25) is 0 Å². The highest BCUT2D eigenvalue weighted by Gasteiger charge is 2.23. The number of aromatic amines is 1. The fraction of sp³-hybridized carbons (Fsp3) is 0.364. The van der Waals surface area contributed by atoms with Crippen LogP contribution in [0.3, 0.4) is 0 Å². The second kappa shape index (κ2) is 7.51. The molecule has 0 saturated carbocycles. The molecule has 9 heteroatoms. The highest BCUT2D eigenvalue weighted by Crippen LogP contribution is 2.33. The predicted molar refractivity (Wildman–Crippen MR) is 120 cm³/mol. The number of benzene rings is 2. The van der Waals surface area contributed by atoms with Crippen LogP contribution >= 0.6 is 0 Å². The molecule has 0 radical (unpaired) electrons. The number of aryl methyl sites for hydroxylation is 1. The van der Waals surface area contributed by atoms with Crippen molar-refractivity contribution in [2.45, 2.75) is 32.5 Å². The van der Waals surface area contributed by atoms with Crippen molar-refractivity contribution >= 4 is 39.0 Å². The van der Waals surface area contributed by atoms with Gasteiger partial charge in [-0.05, 0) is 43.7 Å². The average molecular weight is 423 g/mol. The zero-order valence-electron chi connectivity index (χ0n) is 17.8. The van der Waals surface area contributed by atoms with Crippen LogP contribution in [-0.4, -0.2) is 50.3 Å². The zero-order chi connectivity index (χ0) is 21.7. The molecule has 162 valence electrons. The zero-order valence-corrected chi connectivity index (χ0v) is 17.8. The van der Waals surface area contributed by atoms with Gasteiger partial charge in [0.15, 0.2) is 11.6 Å². The Morgan fingerprint density at radius 2 is 1.97 bits per heavy atom. The van der Waals surface area contributed by atoms with Gasteiger partial charge in [0.05, 0.1) is 12.1 Å². The van der Waals surface area contributed by atoms with Crippen molar-refractivity contribution in [3.63, 3.8) is 0 Å². The van der Waals surface area contributed by atoms with Crippen molar-refractivity contribution in [3.05, 3.63) is 41.8 Å². The molecular formula is C22H26FN7O. The smallest absolute Gasteiger partial charge is 0.160 e. The maximum Gasteiger partial charge on any atom is 0.160 e. The molecule has 8 nitrogen and oxygen atoms in total. The summed E-state index contributed by atoms with van der Waals surface area (Å²) >= 11 is 0. The molecule has 4 aromatic rings. The first-order chi connectivity index (χ1) is 14.9. The molecule has 2 atom stereocenters. The number of aliphatic hydroxyl groups excluding tert-OH is 1. The van der Waals surface area contributed by atoms with Crippen LogP contribution in [0.4, 0.5) is 21.6 Å². The van der Waals surface area contributed by atoms with Crippen molar-refractivity contribution in [2.75, 3.05) is 23.3 Å². The monoisotopic (exact) mass is 423 g/mol. The molecule has 5 rings (SSSR count). The molecule has 2 aromatic carbocycles. The van der Waals surface area contributed by atoms with E-state index in [0.717, 1.165) is 35.2 Å². The second-order valence-corrected chi connectivity index (χ2v) is 8.46. The standard InChI is InChI=1S/C22H26FN7O/c1-12-8-30(9-13(2)24-12)17-5-15(11-31)20-19(7-17)26-27-22(20)25-16-4-14-10-29(3)28-21(14)18(23)6-16/h4-7,10,12-13,24,31H,8-9,11H2,1-3H3,(H2,25,26,27)/t12-,13-/m0/s1.